The van der Waals surface area contributed by atoms with E-state index in [2.05, 4.69) is 17.2 Å². The lowest BCUT2D eigenvalue weighted by Crippen LogP contribution is -2.09. The third-order valence-electron chi connectivity index (χ3n) is 2.30. The van der Waals surface area contributed by atoms with Crippen molar-refractivity contribution in [2.75, 3.05) is 11.9 Å². The molecule has 0 radical (unpaired) electrons. The Morgan fingerprint density at radius 3 is 2.88 bits per heavy atom. The lowest BCUT2D eigenvalue weighted by Gasteiger charge is -2.05. The maximum absolute atomic E-state index is 11.3. The highest BCUT2D eigenvalue weighted by Crippen LogP contribution is 2.14. The summed E-state index contributed by atoms with van der Waals surface area (Å²) in [5, 5.41) is 11.5. The van der Waals surface area contributed by atoms with Gasteiger partial charge < -0.3 is 10.4 Å². The molecule has 1 aromatic rings. The number of rotatable bonds is 3. The molecule has 0 spiro atoms. The number of anilines is 1. The Bertz CT molecular complexity index is 455. The number of aryl methyl sites for hydroxylation is 1. The van der Waals surface area contributed by atoms with Crippen LogP contribution in [0.5, 0.6) is 0 Å². The van der Waals surface area contributed by atoms with Gasteiger partial charge in [-0.3, -0.25) is 4.79 Å². The van der Waals surface area contributed by atoms with Crippen molar-refractivity contribution in [1.82, 2.24) is 0 Å². The van der Waals surface area contributed by atoms with Crippen molar-refractivity contribution in [3.05, 3.63) is 29.3 Å². The van der Waals surface area contributed by atoms with Gasteiger partial charge in [-0.1, -0.05) is 24.8 Å². The molecular formula is C14H17NO2. The number of aliphatic hydroxyl groups excluding tert-OH is 1. The van der Waals surface area contributed by atoms with Crippen molar-refractivity contribution < 1.29 is 9.90 Å². The number of benzene rings is 1. The summed E-state index contributed by atoms with van der Waals surface area (Å²) < 4.78 is 0. The molecule has 3 heteroatoms. The minimum atomic E-state index is -0.0110. The highest BCUT2D eigenvalue weighted by Gasteiger charge is 2.01. The van der Waals surface area contributed by atoms with Crippen molar-refractivity contribution >= 4 is 11.6 Å². The van der Waals surface area contributed by atoms with Crippen LogP contribution in [0.15, 0.2) is 18.2 Å². The normalized spacial score (nSPS) is 9.35. The fraction of sp³-hybridized carbons (Fsp3) is 0.357. The summed E-state index contributed by atoms with van der Waals surface area (Å²) in [4.78, 5) is 11.3. The van der Waals surface area contributed by atoms with Crippen LogP contribution in [0.3, 0.4) is 0 Å². The van der Waals surface area contributed by atoms with Gasteiger partial charge in [0.15, 0.2) is 0 Å². The second kappa shape index (κ2) is 6.72. The van der Waals surface area contributed by atoms with Gasteiger partial charge in [-0.05, 0) is 24.6 Å². The molecule has 0 fully saturated rings. The number of hydrogen-bond donors (Lipinski definition) is 2. The highest BCUT2D eigenvalue weighted by atomic mass is 16.2. The second-order valence-electron chi connectivity index (χ2n) is 3.71. The van der Waals surface area contributed by atoms with Crippen LogP contribution < -0.4 is 5.32 Å². The summed E-state index contributed by atoms with van der Waals surface area (Å²) in [6, 6.07) is 5.64. The first-order valence-corrected chi connectivity index (χ1v) is 5.67. The fourth-order valence-corrected chi connectivity index (χ4v) is 1.30. The van der Waals surface area contributed by atoms with Gasteiger partial charge in [0.25, 0.3) is 0 Å². The lowest BCUT2D eigenvalue weighted by molar-refractivity contribution is -0.115. The van der Waals surface area contributed by atoms with Gasteiger partial charge in [0.2, 0.25) is 5.91 Å². The van der Waals surface area contributed by atoms with Gasteiger partial charge in [-0.25, -0.2) is 0 Å². The van der Waals surface area contributed by atoms with Crippen LogP contribution in [0.25, 0.3) is 0 Å². The Balaban J connectivity index is 2.87. The monoisotopic (exact) mass is 231 g/mol. The van der Waals surface area contributed by atoms with Crippen LogP contribution >= 0.6 is 0 Å². The molecule has 90 valence electrons. The average Bonchev–Trinajstić information content (AvgIpc) is 2.33. The van der Waals surface area contributed by atoms with E-state index in [1.807, 2.05) is 32.0 Å². The minimum Gasteiger partial charge on any atom is -0.395 e. The zero-order valence-corrected chi connectivity index (χ0v) is 10.2. The van der Waals surface area contributed by atoms with Gasteiger partial charge in [0.1, 0.15) is 0 Å². The predicted molar refractivity (Wildman–Crippen MR) is 68.7 cm³/mol. The molecule has 0 aliphatic heterocycles. The first-order valence-electron chi connectivity index (χ1n) is 5.67. The summed E-state index contributed by atoms with van der Waals surface area (Å²) in [7, 11) is 0. The molecule has 1 amide bonds. The first-order chi connectivity index (χ1) is 8.17. The zero-order chi connectivity index (χ0) is 12.7. The summed E-state index contributed by atoms with van der Waals surface area (Å²) in [5.41, 5.74) is 2.70. The third-order valence-corrected chi connectivity index (χ3v) is 2.30. The SMILES string of the molecule is CCC(=O)Nc1ccc(C)c(C#CCCO)c1. The van der Waals surface area contributed by atoms with E-state index in [9.17, 15) is 4.79 Å². The van der Waals surface area contributed by atoms with Crippen LogP contribution in [-0.4, -0.2) is 17.6 Å². The average molecular weight is 231 g/mol. The minimum absolute atomic E-state index is 0.0110. The molecule has 0 bridgehead atoms. The molecule has 0 unspecified atom stereocenters. The van der Waals surface area contributed by atoms with E-state index in [1.54, 1.807) is 0 Å². The number of nitrogens with one attached hydrogen (secondary N) is 1. The van der Waals surface area contributed by atoms with Crippen LogP contribution in [0.4, 0.5) is 5.69 Å². The number of hydrogen-bond acceptors (Lipinski definition) is 2. The number of aliphatic hydroxyl groups is 1. The molecule has 0 saturated carbocycles. The maximum Gasteiger partial charge on any atom is 0.224 e. The van der Waals surface area contributed by atoms with Crippen LogP contribution in [0.2, 0.25) is 0 Å². The van der Waals surface area contributed by atoms with E-state index in [-0.39, 0.29) is 12.5 Å². The molecule has 0 saturated heterocycles. The predicted octanol–water partition coefficient (Wildman–Crippen LogP) is 2.08. The molecule has 1 aromatic carbocycles. The van der Waals surface area contributed by atoms with Crippen molar-refractivity contribution in [3.63, 3.8) is 0 Å². The molecule has 0 atom stereocenters. The molecule has 0 aliphatic carbocycles. The molecular weight excluding hydrogens is 214 g/mol. The Labute approximate surface area is 102 Å². The molecule has 1 rings (SSSR count). The van der Waals surface area contributed by atoms with E-state index < -0.39 is 0 Å². The number of carbonyl (C=O) groups is 1. The van der Waals surface area contributed by atoms with Gasteiger partial charge in [-0.15, -0.1) is 0 Å². The smallest absolute Gasteiger partial charge is 0.224 e. The van der Waals surface area contributed by atoms with E-state index in [4.69, 9.17) is 5.11 Å². The molecule has 2 N–H and O–H groups in total. The van der Waals surface area contributed by atoms with Crippen LogP contribution in [0, 0.1) is 18.8 Å². The van der Waals surface area contributed by atoms with Gasteiger partial charge in [-0.2, -0.15) is 0 Å². The maximum atomic E-state index is 11.3. The summed E-state index contributed by atoms with van der Waals surface area (Å²) in [6.45, 7) is 3.85. The lowest BCUT2D eigenvalue weighted by atomic mass is 10.1. The topological polar surface area (TPSA) is 49.3 Å². The quantitative estimate of drug-likeness (QED) is 0.782. The third kappa shape index (κ3) is 4.29. The van der Waals surface area contributed by atoms with E-state index in [0.717, 1.165) is 16.8 Å². The fourth-order valence-electron chi connectivity index (χ4n) is 1.30. The molecule has 17 heavy (non-hydrogen) atoms. The van der Waals surface area contributed by atoms with Crippen molar-refractivity contribution in [2.24, 2.45) is 0 Å². The summed E-state index contributed by atoms with van der Waals surface area (Å²) >= 11 is 0. The first kappa shape index (κ1) is 13.3. The Kier molecular flexibility index (Phi) is 5.25. The highest BCUT2D eigenvalue weighted by molar-refractivity contribution is 5.90. The molecule has 0 aliphatic rings. The largest absolute Gasteiger partial charge is 0.395 e. The van der Waals surface area contributed by atoms with E-state index >= 15 is 0 Å². The van der Waals surface area contributed by atoms with Crippen LogP contribution in [-0.2, 0) is 4.79 Å². The van der Waals surface area contributed by atoms with Crippen molar-refractivity contribution in [3.8, 4) is 11.8 Å². The standard InChI is InChI=1S/C14H17NO2/c1-3-14(17)15-13-8-7-11(2)12(10-13)6-4-5-9-16/h7-8,10,16H,3,5,9H2,1-2H3,(H,15,17). The number of carbonyl (C=O) groups excluding carboxylic acids is 1. The number of amides is 1. The van der Waals surface area contributed by atoms with Gasteiger partial charge in [0.05, 0.1) is 6.61 Å². The second-order valence-corrected chi connectivity index (χ2v) is 3.71. The molecule has 3 nitrogen and oxygen atoms in total. The van der Waals surface area contributed by atoms with Gasteiger partial charge in [0, 0.05) is 24.1 Å². The van der Waals surface area contributed by atoms with Crippen molar-refractivity contribution in [2.45, 2.75) is 26.7 Å². The Hall–Kier alpha value is -1.79. The molecule has 0 aromatic heterocycles. The van der Waals surface area contributed by atoms with Crippen LogP contribution in [0.1, 0.15) is 30.9 Å². The van der Waals surface area contributed by atoms with E-state index in [1.165, 1.54) is 0 Å². The summed E-state index contributed by atoms with van der Waals surface area (Å²) in [6.07, 6.45) is 0.921. The van der Waals surface area contributed by atoms with Crippen molar-refractivity contribution in [1.29, 1.82) is 0 Å². The molecule has 0 heterocycles. The zero-order valence-electron chi connectivity index (χ0n) is 10.2. The van der Waals surface area contributed by atoms with Gasteiger partial charge >= 0.3 is 0 Å². The Morgan fingerprint density at radius 1 is 1.47 bits per heavy atom. The summed E-state index contributed by atoms with van der Waals surface area (Å²) in [5.74, 6) is 5.85. The van der Waals surface area contributed by atoms with E-state index in [0.29, 0.717) is 12.8 Å². The Morgan fingerprint density at radius 2 is 2.24 bits per heavy atom.